The Bertz CT molecular complexity index is 1080. The molecule has 31 heavy (non-hydrogen) atoms. The number of amides is 1. The second kappa shape index (κ2) is 9.01. The summed E-state index contributed by atoms with van der Waals surface area (Å²) in [6.45, 7) is 5.06. The van der Waals surface area contributed by atoms with Crippen LogP contribution in [0.15, 0.2) is 42.5 Å². The Morgan fingerprint density at radius 3 is 2.52 bits per heavy atom. The average Bonchev–Trinajstić information content (AvgIpc) is 3.00. The minimum atomic E-state index is -0.199. The fraction of sp³-hybridized carbons (Fsp3) is 0.400. The second-order valence-corrected chi connectivity index (χ2v) is 9.05. The highest BCUT2D eigenvalue weighted by Crippen LogP contribution is 2.36. The van der Waals surface area contributed by atoms with Gasteiger partial charge >= 0.3 is 0 Å². The maximum absolute atomic E-state index is 14.3. The first kappa shape index (κ1) is 21.8. The lowest BCUT2D eigenvalue weighted by Gasteiger charge is -2.32. The number of likely N-dealkylation sites (N-methyl/N-ethyl adjacent to an activating group) is 1. The van der Waals surface area contributed by atoms with Crippen LogP contribution in [0, 0.1) is 12.7 Å². The van der Waals surface area contributed by atoms with Crippen LogP contribution in [0.1, 0.15) is 35.6 Å². The molecule has 1 aromatic heterocycles. The van der Waals surface area contributed by atoms with E-state index in [2.05, 4.69) is 34.6 Å². The number of hydrogen-bond donors (Lipinski definition) is 0. The van der Waals surface area contributed by atoms with Crippen molar-refractivity contribution in [2.75, 3.05) is 27.2 Å². The molecule has 0 aliphatic carbocycles. The van der Waals surface area contributed by atoms with Gasteiger partial charge in [0, 0.05) is 47.8 Å². The highest BCUT2D eigenvalue weighted by atomic mass is 35.5. The van der Waals surface area contributed by atoms with Crippen LogP contribution in [-0.2, 0) is 17.9 Å². The van der Waals surface area contributed by atoms with Gasteiger partial charge in [-0.2, -0.15) is 0 Å². The van der Waals surface area contributed by atoms with Gasteiger partial charge in [-0.3, -0.25) is 9.69 Å². The zero-order valence-electron chi connectivity index (χ0n) is 18.4. The van der Waals surface area contributed by atoms with E-state index in [0.29, 0.717) is 17.1 Å². The fourth-order valence-electron chi connectivity index (χ4n) is 4.69. The highest BCUT2D eigenvalue weighted by molar-refractivity contribution is 6.31. The molecule has 2 aromatic carbocycles. The fourth-order valence-corrected chi connectivity index (χ4v) is 5.00. The highest BCUT2D eigenvalue weighted by Gasteiger charge is 2.26. The quantitative estimate of drug-likeness (QED) is 0.543. The molecular weight excluding hydrogens is 413 g/mol. The van der Waals surface area contributed by atoms with Gasteiger partial charge in [0.15, 0.2) is 0 Å². The van der Waals surface area contributed by atoms with Gasteiger partial charge in [0.05, 0.1) is 0 Å². The summed E-state index contributed by atoms with van der Waals surface area (Å²) in [6.07, 6.45) is 1.77. The van der Waals surface area contributed by atoms with E-state index in [4.69, 9.17) is 11.6 Å². The Kier molecular flexibility index (Phi) is 6.35. The number of aromatic nitrogens is 1. The molecule has 0 saturated carbocycles. The number of likely N-dealkylation sites (tertiary alicyclic amines) is 1. The summed E-state index contributed by atoms with van der Waals surface area (Å²) in [4.78, 5) is 16.4. The average molecular weight is 442 g/mol. The minimum Gasteiger partial charge on any atom is -0.347 e. The summed E-state index contributed by atoms with van der Waals surface area (Å²) in [5.41, 5.74) is 4.16. The molecule has 1 aliphatic heterocycles. The Labute approximate surface area is 188 Å². The van der Waals surface area contributed by atoms with Crippen molar-refractivity contribution in [3.8, 4) is 0 Å². The van der Waals surface area contributed by atoms with Crippen molar-refractivity contribution >= 4 is 28.4 Å². The predicted molar refractivity (Wildman–Crippen MR) is 124 cm³/mol. The summed E-state index contributed by atoms with van der Waals surface area (Å²) in [5.74, 6) is 0.0403. The van der Waals surface area contributed by atoms with Crippen LogP contribution in [0.3, 0.4) is 0 Å². The van der Waals surface area contributed by atoms with Gasteiger partial charge in [-0.25, -0.2) is 4.39 Å². The normalized spacial score (nSPS) is 15.5. The molecule has 1 aliphatic rings. The maximum atomic E-state index is 14.3. The SMILES string of the molecule is Cc1c(CN2CCC(c3c(F)cccc3Cl)CC2)c2ccccc2n1CC(=O)N(C)C. The number of nitrogens with zero attached hydrogens (tertiary/aromatic N) is 3. The number of halogens is 2. The summed E-state index contributed by atoms with van der Waals surface area (Å²) < 4.78 is 16.5. The van der Waals surface area contributed by atoms with E-state index in [1.54, 1.807) is 31.1 Å². The molecule has 0 atom stereocenters. The minimum absolute atomic E-state index is 0.0815. The summed E-state index contributed by atoms with van der Waals surface area (Å²) in [5, 5.41) is 1.73. The molecule has 164 valence electrons. The van der Waals surface area contributed by atoms with Crippen LogP contribution in [-0.4, -0.2) is 47.5 Å². The third-order valence-corrected chi connectivity index (χ3v) is 6.86. The molecule has 2 heterocycles. The number of rotatable bonds is 5. The van der Waals surface area contributed by atoms with Crippen molar-refractivity contribution in [1.29, 1.82) is 0 Å². The Morgan fingerprint density at radius 1 is 1.13 bits per heavy atom. The van der Waals surface area contributed by atoms with Gasteiger partial charge in [0.1, 0.15) is 12.4 Å². The first-order valence-electron chi connectivity index (χ1n) is 10.8. The molecule has 0 spiro atoms. The third-order valence-electron chi connectivity index (χ3n) is 6.53. The van der Waals surface area contributed by atoms with E-state index in [1.165, 1.54) is 17.0 Å². The molecule has 0 N–H and O–H groups in total. The first-order chi connectivity index (χ1) is 14.9. The van der Waals surface area contributed by atoms with Crippen LogP contribution in [0.5, 0.6) is 0 Å². The van der Waals surface area contributed by atoms with Crippen LogP contribution < -0.4 is 0 Å². The molecule has 1 saturated heterocycles. The van der Waals surface area contributed by atoms with Crippen LogP contribution in [0.4, 0.5) is 4.39 Å². The topological polar surface area (TPSA) is 28.5 Å². The molecule has 1 amide bonds. The molecule has 4 rings (SSSR count). The third kappa shape index (κ3) is 4.35. The zero-order chi connectivity index (χ0) is 22.1. The number of fused-ring (bicyclic) bond motifs is 1. The summed E-state index contributed by atoms with van der Waals surface area (Å²) in [6, 6.07) is 13.2. The zero-order valence-corrected chi connectivity index (χ0v) is 19.1. The largest absolute Gasteiger partial charge is 0.347 e. The monoisotopic (exact) mass is 441 g/mol. The Balaban J connectivity index is 1.53. The van der Waals surface area contributed by atoms with E-state index in [-0.39, 0.29) is 17.6 Å². The smallest absolute Gasteiger partial charge is 0.241 e. The van der Waals surface area contributed by atoms with Crippen molar-refractivity contribution in [2.45, 2.75) is 38.8 Å². The van der Waals surface area contributed by atoms with Gasteiger partial charge in [-0.1, -0.05) is 35.9 Å². The van der Waals surface area contributed by atoms with Gasteiger partial charge in [0.25, 0.3) is 0 Å². The first-order valence-corrected chi connectivity index (χ1v) is 11.2. The molecular formula is C25H29ClFN3O. The molecule has 3 aromatic rings. The van der Waals surface area contributed by atoms with Crippen LogP contribution in [0.2, 0.25) is 5.02 Å². The van der Waals surface area contributed by atoms with E-state index in [9.17, 15) is 9.18 Å². The van der Waals surface area contributed by atoms with E-state index in [0.717, 1.165) is 43.7 Å². The Hall–Kier alpha value is -2.37. The number of piperidine rings is 1. The Morgan fingerprint density at radius 2 is 1.84 bits per heavy atom. The lowest BCUT2D eigenvalue weighted by Crippen LogP contribution is -2.33. The number of hydrogen-bond acceptors (Lipinski definition) is 2. The van der Waals surface area contributed by atoms with Gasteiger partial charge < -0.3 is 9.47 Å². The van der Waals surface area contributed by atoms with E-state index < -0.39 is 0 Å². The standard InChI is InChI=1S/C25H29ClFN3O/c1-17-20(19-7-4-5-10-23(19)30(17)16-24(31)28(2)3)15-29-13-11-18(12-14-29)25-21(26)8-6-9-22(25)27/h4-10,18H,11-16H2,1-3H3. The number of carbonyl (C=O) groups excluding carboxylic acids is 1. The molecule has 0 bridgehead atoms. The van der Waals surface area contributed by atoms with Crippen LogP contribution >= 0.6 is 11.6 Å². The van der Waals surface area contributed by atoms with Crippen LogP contribution in [0.25, 0.3) is 10.9 Å². The second-order valence-electron chi connectivity index (χ2n) is 8.64. The van der Waals surface area contributed by atoms with Gasteiger partial charge in [-0.15, -0.1) is 0 Å². The van der Waals surface area contributed by atoms with Crippen molar-refractivity contribution in [3.05, 3.63) is 70.1 Å². The number of para-hydroxylation sites is 1. The maximum Gasteiger partial charge on any atom is 0.241 e. The lowest BCUT2D eigenvalue weighted by molar-refractivity contribution is -0.129. The van der Waals surface area contributed by atoms with E-state index in [1.807, 2.05) is 6.07 Å². The molecule has 4 nitrogen and oxygen atoms in total. The number of benzene rings is 2. The summed E-state index contributed by atoms with van der Waals surface area (Å²) >= 11 is 6.29. The molecule has 6 heteroatoms. The van der Waals surface area contributed by atoms with Crippen molar-refractivity contribution in [3.63, 3.8) is 0 Å². The predicted octanol–water partition coefficient (Wildman–Crippen LogP) is 5.21. The number of carbonyl (C=O) groups is 1. The van der Waals surface area contributed by atoms with Gasteiger partial charge in [-0.05, 0) is 62.5 Å². The molecule has 0 unspecified atom stereocenters. The van der Waals surface area contributed by atoms with Crippen molar-refractivity contribution in [2.24, 2.45) is 0 Å². The lowest BCUT2D eigenvalue weighted by atomic mass is 9.89. The van der Waals surface area contributed by atoms with Crippen molar-refractivity contribution < 1.29 is 9.18 Å². The van der Waals surface area contributed by atoms with Crippen molar-refractivity contribution in [1.82, 2.24) is 14.4 Å². The van der Waals surface area contributed by atoms with E-state index >= 15 is 0 Å². The molecule has 0 radical (unpaired) electrons. The molecule has 1 fully saturated rings. The summed E-state index contributed by atoms with van der Waals surface area (Å²) in [7, 11) is 3.58. The van der Waals surface area contributed by atoms with Gasteiger partial charge in [0.2, 0.25) is 5.91 Å².